The minimum atomic E-state index is -0.826. The molecular weight excluding hydrogens is 462 g/mol. The van der Waals surface area contributed by atoms with Gasteiger partial charge in [-0.15, -0.1) is 34.5 Å². The van der Waals surface area contributed by atoms with E-state index in [9.17, 15) is 0 Å². The summed E-state index contributed by atoms with van der Waals surface area (Å²) in [6.45, 7) is 13.8. The second-order valence-electron chi connectivity index (χ2n) is 8.78. The molecule has 0 nitrogen and oxygen atoms in total. The van der Waals surface area contributed by atoms with Crippen molar-refractivity contribution < 1.29 is 20.8 Å². The van der Waals surface area contributed by atoms with E-state index in [0.717, 1.165) is 12.8 Å². The van der Waals surface area contributed by atoms with Crippen molar-refractivity contribution in [2.75, 3.05) is 0 Å². The standard InChI is InChI=1S/C25H31.2ClH.Zr/c1-7-19-10-8-9-11-21(19)24-22-16-18(14-17(2)3)15-20(22)12-13-23(24)25(4,5)6;;;/h8-13,15-17H,7,14H2,1-6H3;2*1H;/q-1;;;+2/p-2. The Morgan fingerprint density at radius 1 is 1.04 bits per heavy atom. The predicted octanol–water partition coefficient (Wildman–Crippen LogP) is 8.66. The predicted molar refractivity (Wildman–Crippen MR) is 123 cm³/mol. The van der Waals surface area contributed by atoms with Crippen LogP contribution in [-0.4, -0.2) is 0 Å². The average molecular weight is 494 g/mol. The second-order valence-corrected chi connectivity index (χ2v) is 12.5. The first-order chi connectivity index (χ1) is 13.2. The number of fused-ring (bicyclic) bond motifs is 1. The molecule has 28 heavy (non-hydrogen) atoms. The van der Waals surface area contributed by atoms with E-state index in [2.05, 4.69) is 90.1 Å². The summed E-state index contributed by atoms with van der Waals surface area (Å²) < 4.78 is 0. The van der Waals surface area contributed by atoms with E-state index < -0.39 is 20.8 Å². The summed E-state index contributed by atoms with van der Waals surface area (Å²) in [6.07, 6.45) is 2.21. The van der Waals surface area contributed by atoms with Crippen LogP contribution in [-0.2, 0) is 39.1 Å². The number of hydrogen-bond acceptors (Lipinski definition) is 0. The molecule has 0 fully saturated rings. The van der Waals surface area contributed by atoms with Gasteiger partial charge in [-0.2, -0.15) is 6.07 Å². The van der Waals surface area contributed by atoms with Gasteiger partial charge in [0, 0.05) is 0 Å². The Bertz CT molecular complexity index is 901. The molecule has 3 heteroatoms. The molecule has 3 rings (SSSR count). The fraction of sp³-hybridized carbons (Fsp3) is 0.400. The number of aryl methyl sites for hydroxylation is 1. The Kier molecular flexibility index (Phi) is 8.93. The van der Waals surface area contributed by atoms with E-state index in [1.54, 1.807) is 0 Å². The van der Waals surface area contributed by atoms with Gasteiger partial charge in [0.25, 0.3) is 0 Å². The summed E-state index contributed by atoms with van der Waals surface area (Å²) in [6, 6.07) is 18.4. The number of halogens is 2. The van der Waals surface area contributed by atoms with Gasteiger partial charge < -0.3 is 0 Å². The van der Waals surface area contributed by atoms with Crippen LogP contribution in [0.15, 0.2) is 48.5 Å². The van der Waals surface area contributed by atoms with Crippen LogP contribution < -0.4 is 0 Å². The maximum absolute atomic E-state index is 4.93. The van der Waals surface area contributed by atoms with Crippen molar-refractivity contribution in [2.24, 2.45) is 5.92 Å². The zero-order valence-corrected chi connectivity index (χ0v) is 21.8. The Morgan fingerprint density at radius 3 is 2.25 bits per heavy atom. The number of benzene rings is 2. The Morgan fingerprint density at radius 2 is 1.68 bits per heavy atom. The number of rotatable bonds is 4. The zero-order valence-electron chi connectivity index (χ0n) is 17.9. The molecule has 0 aromatic heterocycles. The first-order valence-electron chi connectivity index (χ1n) is 10.00. The zero-order chi connectivity index (χ0) is 20.9. The van der Waals surface area contributed by atoms with Gasteiger partial charge in [0.05, 0.1) is 0 Å². The van der Waals surface area contributed by atoms with Crippen LogP contribution >= 0.6 is 17.0 Å². The maximum atomic E-state index is 4.93. The van der Waals surface area contributed by atoms with E-state index in [4.69, 9.17) is 17.0 Å². The van der Waals surface area contributed by atoms with E-state index in [0.29, 0.717) is 5.92 Å². The summed E-state index contributed by atoms with van der Waals surface area (Å²) in [5.74, 6) is 0.685. The van der Waals surface area contributed by atoms with Gasteiger partial charge >= 0.3 is 37.9 Å². The van der Waals surface area contributed by atoms with Crippen LogP contribution in [0.5, 0.6) is 0 Å². The molecule has 0 N–H and O–H groups in total. The van der Waals surface area contributed by atoms with Gasteiger partial charge in [-0.1, -0.05) is 76.9 Å². The van der Waals surface area contributed by atoms with E-state index in [1.165, 1.54) is 38.6 Å². The summed E-state index contributed by atoms with van der Waals surface area (Å²) in [4.78, 5) is 0. The molecule has 0 radical (unpaired) electrons. The third-order valence-corrected chi connectivity index (χ3v) is 5.07. The Labute approximate surface area is 189 Å². The molecule has 3 aromatic rings. The molecule has 3 aromatic carbocycles. The molecule has 0 aliphatic rings. The van der Waals surface area contributed by atoms with Crippen LogP contribution in [0.4, 0.5) is 0 Å². The van der Waals surface area contributed by atoms with Gasteiger partial charge in [0.2, 0.25) is 0 Å². The van der Waals surface area contributed by atoms with Crippen molar-refractivity contribution >= 4 is 27.8 Å². The van der Waals surface area contributed by atoms with Gasteiger partial charge in [0.1, 0.15) is 0 Å². The number of hydrogen-bond donors (Lipinski definition) is 0. The van der Waals surface area contributed by atoms with Gasteiger partial charge in [-0.25, -0.2) is 0 Å². The van der Waals surface area contributed by atoms with E-state index in [-0.39, 0.29) is 5.41 Å². The average Bonchev–Trinajstić information content (AvgIpc) is 3.02. The van der Waals surface area contributed by atoms with Crippen molar-refractivity contribution in [1.29, 1.82) is 0 Å². The third kappa shape index (κ3) is 5.78. The normalized spacial score (nSPS) is 11.5. The molecule has 0 aliphatic heterocycles. The SMILES string of the molecule is CCc1ccccc1-c1c(C(C)(C)C)ccc2[cH-]c(CC(C)C)cc12.[Cl][Zr][Cl]. The molecular formula is C25H31Cl2Zr-. The monoisotopic (exact) mass is 491 g/mol. The molecule has 0 spiro atoms. The Hall–Kier alpha value is -0.487. The topological polar surface area (TPSA) is 0 Å². The van der Waals surface area contributed by atoms with Gasteiger partial charge in [-0.05, 0) is 35.3 Å². The molecule has 0 atom stereocenters. The van der Waals surface area contributed by atoms with Gasteiger partial charge in [0.15, 0.2) is 0 Å². The van der Waals surface area contributed by atoms with Crippen molar-refractivity contribution in [1.82, 2.24) is 0 Å². The molecule has 0 unspecified atom stereocenters. The minimum absolute atomic E-state index is 0.125. The second kappa shape index (κ2) is 10.5. The van der Waals surface area contributed by atoms with E-state index in [1.807, 2.05) is 0 Å². The molecule has 0 saturated carbocycles. The molecule has 0 bridgehead atoms. The van der Waals surface area contributed by atoms with Crippen molar-refractivity contribution in [3.05, 3.63) is 65.2 Å². The fourth-order valence-electron chi connectivity index (χ4n) is 3.92. The molecule has 0 heterocycles. The van der Waals surface area contributed by atoms with Crippen LogP contribution in [0.2, 0.25) is 0 Å². The molecule has 0 aliphatic carbocycles. The van der Waals surface area contributed by atoms with Gasteiger partial charge in [-0.3, -0.25) is 0 Å². The first kappa shape index (κ1) is 23.8. The summed E-state index contributed by atoms with van der Waals surface area (Å²) in [7, 11) is 9.87. The Balaban J connectivity index is 0.000000878. The van der Waals surface area contributed by atoms with Crippen molar-refractivity contribution in [3.63, 3.8) is 0 Å². The fourth-order valence-corrected chi connectivity index (χ4v) is 3.92. The summed E-state index contributed by atoms with van der Waals surface area (Å²) in [5.41, 5.74) is 7.32. The van der Waals surface area contributed by atoms with Crippen LogP contribution in [0, 0.1) is 5.92 Å². The first-order valence-corrected chi connectivity index (χ1v) is 16.3. The molecule has 150 valence electrons. The third-order valence-electron chi connectivity index (χ3n) is 5.07. The molecule has 0 amide bonds. The summed E-state index contributed by atoms with van der Waals surface area (Å²) in [5, 5.41) is 2.80. The van der Waals surface area contributed by atoms with Crippen molar-refractivity contribution in [3.8, 4) is 11.1 Å². The molecule has 0 saturated heterocycles. The summed E-state index contributed by atoms with van der Waals surface area (Å²) >= 11 is -0.826. The van der Waals surface area contributed by atoms with Crippen molar-refractivity contribution in [2.45, 2.75) is 59.8 Å². The van der Waals surface area contributed by atoms with E-state index >= 15 is 0 Å². The quantitative estimate of drug-likeness (QED) is 0.319. The van der Waals surface area contributed by atoms with Crippen LogP contribution in [0.1, 0.15) is 58.2 Å². The van der Waals surface area contributed by atoms with Crippen LogP contribution in [0.3, 0.4) is 0 Å². The van der Waals surface area contributed by atoms with Crippen LogP contribution in [0.25, 0.3) is 21.9 Å².